The highest BCUT2D eigenvalue weighted by Crippen LogP contribution is 2.05. The molecule has 1 heterocycles. The van der Waals surface area contributed by atoms with E-state index in [4.69, 9.17) is 5.11 Å². The molecule has 0 aliphatic heterocycles. The molecule has 0 fully saturated rings. The van der Waals surface area contributed by atoms with Gasteiger partial charge in [-0.1, -0.05) is 0 Å². The molecule has 1 aromatic rings. The van der Waals surface area contributed by atoms with E-state index in [-0.39, 0.29) is 19.0 Å². The van der Waals surface area contributed by atoms with E-state index in [0.29, 0.717) is 12.2 Å². The minimum atomic E-state index is -1.03. The lowest BCUT2D eigenvalue weighted by atomic mass is 10.5. The molecule has 0 unspecified atom stereocenters. The van der Waals surface area contributed by atoms with Crippen molar-refractivity contribution in [2.24, 2.45) is 0 Å². The molecule has 0 saturated heterocycles. The number of carbonyl (C=O) groups excluding carboxylic acids is 2. The smallest absolute Gasteiger partial charge is 0.325 e. The zero-order valence-electron chi connectivity index (χ0n) is 11.3. The van der Waals surface area contributed by atoms with Crippen LogP contribution in [0.25, 0.3) is 0 Å². The fraction of sp³-hybridized carbons (Fsp3) is 0.455. The van der Waals surface area contributed by atoms with Gasteiger partial charge in [0.05, 0.1) is 11.9 Å². The Morgan fingerprint density at radius 3 is 2.75 bits per heavy atom. The van der Waals surface area contributed by atoms with Crippen LogP contribution in [0.2, 0.25) is 0 Å². The number of carboxylic acid groups (broad SMARTS) is 1. The van der Waals surface area contributed by atoms with E-state index < -0.39 is 12.0 Å². The first-order chi connectivity index (χ1) is 9.42. The summed E-state index contributed by atoms with van der Waals surface area (Å²) in [5.41, 5.74) is 0.360. The highest BCUT2D eigenvalue weighted by molar-refractivity contribution is 5.91. The molecule has 3 N–H and O–H groups in total. The Bertz CT molecular complexity index is 499. The normalized spacial score (nSPS) is 9.90. The number of nitrogens with zero attached hydrogens (tertiary/aromatic N) is 3. The van der Waals surface area contributed by atoms with Crippen LogP contribution in [0.3, 0.4) is 0 Å². The predicted molar refractivity (Wildman–Crippen MR) is 70.2 cm³/mol. The van der Waals surface area contributed by atoms with Gasteiger partial charge in [0.25, 0.3) is 0 Å². The lowest BCUT2D eigenvalue weighted by Crippen LogP contribution is -2.40. The van der Waals surface area contributed by atoms with Crippen molar-refractivity contribution < 1.29 is 19.5 Å². The van der Waals surface area contributed by atoms with E-state index >= 15 is 0 Å². The molecule has 9 nitrogen and oxygen atoms in total. The second-order valence-electron chi connectivity index (χ2n) is 4.06. The summed E-state index contributed by atoms with van der Waals surface area (Å²) >= 11 is 0. The van der Waals surface area contributed by atoms with Crippen molar-refractivity contribution in [3.05, 3.63) is 12.4 Å². The van der Waals surface area contributed by atoms with Crippen LogP contribution >= 0.6 is 0 Å². The highest BCUT2D eigenvalue weighted by Gasteiger charge is 2.13. The van der Waals surface area contributed by atoms with Crippen molar-refractivity contribution in [3.8, 4) is 0 Å². The summed E-state index contributed by atoms with van der Waals surface area (Å²) in [5, 5.41) is 17.5. The minimum absolute atomic E-state index is 0.0665. The Morgan fingerprint density at radius 1 is 1.45 bits per heavy atom. The van der Waals surface area contributed by atoms with Gasteiger partial charge in [-0.05, 0) is 6.92 Å². The van der Waals surface area contributed by atoms with Crippen molar-refractivity contribution in [2.45, 2.75) is 13.5 Å². The van der Waals surface area contributed by atoms with Crippen LogP contribution in [0, 0.1) is 0 Å². The number of anilines is 1. The fourth-order valence-electron chi connectivity index (χ4n) is 1.41. The zero-order chi connectivity index (χ0) is 15.1. The first-order valence-electron chi connectivity index (χ1n) is 5.95. The monoisotopic (exact) mass is 283 g/mol. The summed E-state index contributed by atoms with van der Waals surface area (Å²) in [6.07, 6.45) is 2.73. The van der Waals surface area contributed by atoms with Gasteiger partial charge in [-0.3, -0.25) is 14.3 Å². The molecule has 3 amide bonds. The van der Waals surface area contributed by atoms with Gasteiger partial charge < -0.3 is 20.6 Å². The number of carbonyl (C=O) groups is 3. The van der Waals surface area contributed by atoms with E-state index in [1.165, 1.54) is 29.0 Å². The van der Waals surface area contributed by atoms with Gasteiger partial charge in [0, 0.05) is 19.8 Å². The molecule has 110 valence electrons. The largest absolute Gasteiger partial charge is 0.480 e. The number of urea groups is 1. The summed E-state index contributed by atoms with van der Waals surface area (Å²) in [5.74, 6) is -1.29. The molecule has 0 saturated carbocycles. The number of nitrogens with one attached hydrogen (secondary N) is 2. The fourth-order valence-corrected chi connectivity index (χ4v) is 1.41. The number of aliphatic carboxylic acids is 1. The summed E-state index contributed by atoms with van der Waals surface area (Å²) in [4.78, 5) is 34.8. The quantitative estimate of drug-likeness (QED) is 0.655. The Morgan fingerprint density at radius 2 is 2.15 bits per heavy atom. The van der Waals surface area contributed by atoms with E-state index in [9.17, 15) is 14.4 Å². The first-order valence-corrected chi connectivity index (χ1v) is 5.95. The number of hydrogen-bond donors (Lipinski definition) is 3. The van der Waals surface area contributed by atoms with Crippen LogP contribution < -0.4 is 10.6 Å². The van der Waals surface area contributed by atoms with Crippen molar-refractivity contribution >= 4 is 23.6 Å². The third-order valence-electron chi connectivity index (χ3n) is 2.28. The Kier molecular flexibility index (Phi) is 5.51. The molecule has 0 aromatic carbocycles. The predicted octanol–water partition coefficient (Wildman–Crippen LogP) is -0.432. The Labute approximate surface area is 115 Å². The molecule has 0 spiro atoms. The third-order valence-corrected chi connectivity index (χ3v) is 2.28. The van der Waals surface area contributed by atoms with Gasteiger partial charge in [-0.15, -0.1) is 0 Å². The molecular formula is C11H17N5O4. The standard InChI is InChI=1S/C11H17N5O4/c1-3-12-9(17)6-15(2)11(20)14-8-4-13-16(5-8)7-10(18)19/h4-5H,3,6-7H2,1-2H3,(H,12,17)(H,14,20)(H,18,19). The highest BCUT2D eigenvalue weighted by atomic mass is 16.4. The van der Waals surface area contributed by atoms with E-state index in [0.717, 1.165) is 0 Å². The maximum Gasteiger partial charge on any atom is 0.325 e. The molecule has 20 heavy (non-hydrogen) atoms. The molecule has 0 aliphatic carbocycles. The summed E-state index contributed by atoms with van der Waals surface area (Å²) < 4.78 is 1.18. The Hall–Kier alpha value is -2.58. The van der Waals surface area contributed by atoms with Crippen molar-refractivity contribution in [3.63, 3.8) is 0 Å². The van der Waals surface area contributed by atoms with Gasteiger partial charge in [-0.2, -0.15) is 5.10 Å². The average Bonchev–Trinajstić information content (AvgIpc) is 2.75. The van der Waals surface area contributed by atoms with Crippen molar-refractivity contribution in [2.75, 3.05) is 25.5 Å². The van der Waals surface area contributed by atoms with Gasteiger partial charge in [0.15, 0.2) is 0 Å². The van der Waals surface area contributed by atoms with E-state index in [1.54, 1.807) is 6.92 Å². The third kappa shape index (κ3) is 4.96. The number of aromatic nitrogens is 2. The zero-order valence-corrected chi connectivity index (χ0v) is 11.3. The molecule has 0 aliphatic rings. The molecule has 0 radical (unpaired) electrons. The molecule has 0 atom stereocenters. The van der Waals surface area contributed by atoms with Crippen LogP contribution in [0.4, 0.5) is 10.5 Å². The van der Waals surface area contributed by atoms with Crippen molar-refractivity contribution in [1.29, 1.82) is 0 Å². The van der Waals surface area contributed by atoms with Crippen LogP contribution in [0.15, 0.2) is 12.4 Å². The lowest BCUT2D eigenvalue weighted by Gasteiger charge is -2.16. The Balaban J connectivity index is 2.50. The maximum absolute atomic E-state index is 11.8. The topological polar surface area (TPSA) is 117 Å². The van der Waals surface area contributed by atoms with Crippen LogP contribution in [-0.4, -0.2) is 57.8 Å². The summed E-state index contributed by atoms with van der Waals surface area (Å²) in [6.45, 7) is 1.93. The van der Waals surface area contributed by atoms with Gasteiger partial charge >= 0.3 is 12.0 Å². The second kappa shape index (κ2) is 7.12. The summed E-state index contributed by atoms with van der Waals surface area (Å²) in [7, 11) is 1.48. The van der Waals surface area contributed by atoms with Gasteiger partial charge in [0.2, 0.25) is 5.91 Å². The first kappa shape index (κ1) is 15.5. The van der Waals surface area contributed by atoms with Gasteiger partial charge in [-0.25, -0.2) is 4.79 Å². The average molecular weight is 283 g/mol. The molecular weight excluding hydrogens is 266 g/mol. The van der Waals surface area contributed by atoms with E-state index in [1.807, 2.05) is 0 Å². The lowest BCUT2D eigenvalue weighted by molar-refractivity contribution is -0.137. The SMILES string of the molecule is CCNC(=O)CN(C)C(=O)Nc1cnn(CC(=O)O)c1. The number of rotatable bonds is 6. The maximum atomic E-state index is 11.8. The van der Waals surface area contributed by atoms with Gasteiger partial charge in [0.1, 0.15) is 13.1 Å². The summed E-state index contributed by atoms with van der Waals surface area (Å²) in [6, 6.07) is -0.480. The van der Waals surface area contributed by atoms with E-state index in [2.05, 4.69) is 15.7 Å². The van der Waals surface area contributed by atoms with Crippen LogP contribution in [-0.2, 0) is 16.1 Å². The number of carboxylic acids is 1. The van der Waals surface area contributed by atoms with Crippen LogP contribution in [0.5, 0.6) is 0 Å². The number of hydrogen-bond acceptors (Lipinski definition) is 4. The molecule has 0 bridgehead atoms. The van der Waals surface area contributed by atoms with Crippen molar-refractivity contribution in [1.82, 2.24) is 20.0 Å². The number of amides is 3. The molecule has 9 heteroatoms. The van der Waals surface area contributed by atoms with Crippen LogP contribution in [0.1, 0.15) is 6.92 Å². The number of likely N-dealkylation sites (N-methyl/N-ethyl adjacent to an activating group) is 2. The second-order valence-corrected chi connectivity index (χ2v) is 4.06. The molecule has 1 rings (SSSR count). The molecule has 1 aromatic heterocycles. The minimum Gasteiger partial charge on any atom is -0.480 e.